The first-order valence-corrected chi connectivity index (χ1v) is 9.48. The van der Waals surface area contributed by atoms with E-state index < -0.39 is 12.0 Å². The average molecular weight is 387 g/mol. The Morgan fingerprint density at radius 1 is 1.07 bits per heavy atom. The number of anilines is 1. The predicted molar refractivity (Wildman–Crippen MR) is 107 cm³/mol. The summed E-state index contributed by atoms with van der Waals surface area (Å²) in [4.78, 5) is 25.4. The molecule has 1 aliphatic rings. The molecule has 27 heavy (non-hydrogen) atoms. The second kappa shape index (κ2) is 8.44. The molecule has 0 bridgehead atoms. The lowest BCUT2D eigenvalue weighted by Gasteiger charge is -2.33. The van der Waals surface area contributed by atoms with Crippen LogP contribution in [-0.4, -0.2) is 30.1 Å². The topological polar surface area (TPSA) is 69.6 Å². The van der Waals surface area contributed by atoms with Gasteiger partial charge in [-0.1, -0.05) is 23.7 Å². The Kier molecular flexibility index (Phi) is 6.01. The van der Waals surface area contributed by atoms with Gasteiger partial charge in [0.15, 0.2) is 0 Å². The third kappa shape index (κ3) is 4.61. The van der Waals surface area contributed by atoms with Crippen LogP contribution in [0.3, 0.4) is 0 Å². The molecule has 0 saturated carbocycles. The molecule has 3 rings (SSSR count). The van der Waals surface area contributed by atoms with E-state index in [-0.39, 0.29) is 11.5 Å². The van der Waals surface area contributed by atoms with Crippen LogP contribution in [0.25, 0.3) is 0 Å². The molecule has 142 valence electrons. The molecule has 1 amide bonds. The summed E-state index contributed by atoms with van der Waals surface area (Å²) in [5, 5.41) is 12.7. The third-order valence-corrected chi connectivity index (χ3v) is 5.07. The van der Waals surface area contributed by atoms with Crippen LogP contribution in [0.2, 0.25) is 5.02 Å². The lowest BCUT2D eigenvalue weighted by atomic mass is 9.95. The van der Waals surface area contributed by atoms with Crippen molar-refractivity contribution in [2.45, 2.75) is 32.2 Å². The molecule has 1 atom stereocenters. The number of hydrogen-bond donors (Lipinski definition) is 2. The number of carbonyl (C=O) groups excluding carboxylic acids is 1. The van der Waals surface area contributed by atoms with Gasteiger partial charge in [0.05, 0.1) is 11.6 Å². The number of hydrogen-bond acceptors (Lipinski definition) is 3. The van der Waals surface area contributed by atoms with Crippen LogP contribution in [0.5, 0.6) is 0 Å². The maximum Gasteiger partial charge on any atom is 0.335 e. The van der Waals surface area contributed by atoms with E-state index in [1.54, 1.807) is 24.3 Å². The number of piperidine rings is 1. The highest BCUT2D eigenvalue weighted by Crippen LogP contribution is 2.34. The van der Waals surface area contributed by atoms with Gasteiger partial charge >= 0.3 is 5.97 Å². The highest BCUT2D eigenvalue weighted by Gasteiger charge is 2.23. The zero-order valence-electron chi connectivity index (χ0n) is 15.2. The Labute approximate surface area is 163 Å². The van der Waals surface area contributed by atoms with Crippen LogP contribution in [-0.2, 0) is 4.79 Å². The Morgan fingerprint density at radius 2 is 1.74 bits per heavy atom. The number of carboxylic acids is 1. The van der Waals surface area contributed by atoms with Gasteiger partial charge in [0.1, 0.15) is 0 Å². The Hall–Kier alpha value is -2.53. The number of aromatic carboxylic acids is 1. The van der Waals surface area contributed by atoms with E-state index in [4.69, 9.17) is 16.7 Å². The van der Waals surface area contributed by atoms with E-state index >= 15 is 0 Å². The molecule has 2 aromatic carbocycles. The van der Waals surface area contributed by atoms with Crippen LogP contribution >= 0.6 is 11.6 Å². The smallest absolute Gasteiger partial charge is 0.335 e. The van der Waals surface area contributed by atoms with Gasteiger partial charge in [-0.25, -0.2) is 4.79 Å². The fourth-order valence-corrected chi connectivity index (χ4v) is 3.72. The summed E-state index contributed by atoms with van der Waals surface area (Å²) >= 11 is 6.28. The molecule has 0 spiro atoms. The molecule has 2 aromatic rings. The molecule has 0 radical (unpaired) electrons. The Balaban J connectivity index is 2.05. The summed E-state index contributed by atoms with van der Waals surface area (Å²) in [5.41, 5.74) is 3.00. The SMILES string of the molecule is CC(=O)NC(c1ccc(C(=O)O)cc1)c1cc(Cl)ccc1N1CCCCC1. The van der Waals surface area contributed by atoms with Gasteiger partial charge in [-0.15, -0.1) is 0 Å². The van der Waals surface area contributed by atoms with Crippen molar-refractivity contribution in [2.75, 3.05) is 18.0 Å². The van der Waals surface area contributed by atoms with Crippen molar-refractivity contribution in [1.29, 1.82) is 0 Å². The van der Waals surface area contributed by atoms with Crippen molar-refractivity contribution in [3.05, 3.63) is 64.2 Å². The number of benzene rings is 2. The van der Waals surface area contributed by atoms with Gasteiger partial charge in [0.2, 0.25) is 5.91 Å². The molecule has 0 aromatic heterocycles. The van der Waals surface area contributed by atoms with Crippen molar-refractivity contribution >= 4 is 29.2 Å². The van der Waals surface area contributed by atoms with E-state index in [0.717, 1.165) is 42.7 Å². The number of rotatable bonds is 5. The second-order valence-corrected chi connectivity index (χ2v) is 7.25. The molecule has 0 aliphatic carbocycles. The lowest BCUT2D eigenvalue weighted by Crippen LogP contribution is -2.33. The van der Waals surface area contributed by atoms with Crippen molar-refractivity contribution < 1.29 is 14.7 Å². The fourth-order valence-electron chi connectivity index (χ4n) is 3.54. The van der Waals surface area contributed by atoms with Crippen LogP contribution in [0.4, 0.5) is 5.69 Å². The van der Waals surface area contributed by atoms with E-state index in [1.165, 1.54) is 13.3 Å². The predicted octanol–water partition coefficient (Wildman–Crippen LogP) is 4.25. The summed E-state index contributed by atoms with van der Waals surface area (Å²) < 4.78 is 0. The Morgan fingerprint density at radius 3 is 2.33 bits per heavy atom. The summed E-state index contributed by atoms with van der Waals surface area (Å²) in [6.45, 7) is 3.42. The maximum absolute atomic E-state index is 11.9. The van der Waals surface area contributed by atoms with Crippen LogP contribution in [0.1, 0.15) is 53.7 Å². The van der Waals surface area contributed by atoms with Crippen LogP contribution in [0, 0.1) is 0 Å². The van der Waals surface area contributed by atoms with Gasteiger partial charge in [0, 0.05) is 36.3 Å². The van der Waals surface area contributed by atoms with Crippen molar-refractivity contribution in [3.63, 3.8) is 0 Å². The largest absolute Gasteiger partial charge is 0.478 e. The molecule has 1 unspecified atom stereocenters. The van der Waals surface area contributed by atoms with E-state index in [0.29, 0.717) is 5.02 Å². The van der Waals surface area contributed by atoms with E-state index in [9.17, 15) is 9.59 Å². The normalized spacial score (nSPS) is 15.3. The summed E-state index contributed by atoms with van der Waals surface area (Å²) in [6, 6.07) is 11.9. The molecule has 2 N–H and O–H groups in total. The fraction of sp³-hybridized carbons (Fsp3) is 0.333. The average Bonchev–Trinajstić information content (AvgIpc) is 2.66. The number of carboxylic acid groups (broad SMARTS) is 1. The van der Waals surface area contributed by atoms with Gasteiger partial charge in [-0.05, 0) is 55.2 Å². The minimum Gasteiger partial charge on any atom is -0.478 e. The van der Waals surface area contributed by atoms with Crippen LogP contribution < -0.4 is 10.2 Å². The first-order chi connectivity index (χ1) is 13.0. The summed E-state index contributed by atoms with van der Waals surface area (Å²) in [7, 11) is 0. The molecule has 5 nitrogen and oxygen atoms in total. The second-order valence-electron chi connectivity index (χ2n) is 6.81. The first kappa shape index (κ1) is 19.2. The van der Waals surface area contributed by atoms with Crippen molar-refractivity contribution in [1.82, 2.24) is 5.32 Å². The highest BCUT2D eigenvalue weighted by molar-refractivity contribution is 6.30. The number of carbonyl (C=O) groups is 2. The number of amides is 1. The minimum atomic E-state index is -0.977. The van der Waals surface area contributed by atoms with Gasteiger partial charge in [0.25, 0.3) is 0 Å². The monoisotopic (exact) mass is 386 g/mol. The molecule has 1 aliphatic heterocycles. The van der Waals surface area contributed by atoms with Crippen molar-refractivity contribution in [3.8, 4) is 0 Å². The molecule has 6 heteroatoms. The standard InChI is InChI=1S/C21H23ClN2O3/c1-14(25)23-20(15-5-7-16(8-6-15)21(26)27)18-13-17(22)9-10-19(18)24-11-3-2-4-12-24/h5-10,13,20H,2-4,11-12H2,1H3,(H,23,25)(H,26,27). The molecule has 1 heterocycles. The quantitative estimate of drug-likeness (QED) is 0.805. The molecular weight excluding hydrogens is 364 g/mol. The number of nitrogens with one attached hydrogen (secondary N) is 1. The van der Waals surface area contributed by atoms with Crippen LogP contribution in [0.15, 0.2) is 42.5 Å². The van der Waals surface area contributed by atoms with E-state index in [2.05, 4.69) is 10.2 Å². The highest BCUT2D eigenvalue weighted by atomic mass is 35.5. The van der Waals surface area contributed by atoms with Gasteiger partial charge in [-0.3, -0.25) is 4.79 Å². The zero-order chi connectivity index (χ0) is 19.4. The Bertz CT molecular complexity index is 830. The maximum atomic E-state index is 11.9. The zero-order valence-corrected chi connectivity index (χ0v) is 16.0. The summed E-state index contributed by atoms with van der Waals surface area (Å²) in [5.74, 6) is -1.14. The van der Waals surface area contributed by atoms with Crippen molar-refractivity contribution in [2.24, 2.45) is 0 Å². The lowest BCUT2D eigenvalue weighted by molar-refractivity contribution is -0.119. The number of nitrogens with zero attached hydrogens (tertiary/aromatic N) is 1. The number of halogens is 1. The minimum absolute atomic E-state index is 0.160. The van der Waals surface area contributed by atoms with Gasteiger partial charge < -0.3 is 15.3 Å². The van der Waals surface area contributed by atoms with E-state index in [1.807, 2.05) is 18.2 Å². The first-order valence-electron chi connectivity index (χ1n) is 9.10. The molecule has 1 saturated heterocycles. The molecular formula is C21H23ClN2O3. The molecule has 1 fully saturated rings. The summed E-state index contributed by atoms with van der Waals surface area (Å²) in [6.07, 6.45) is 3.51. The third-order valence-electron chi connectivity index (χ3n) is 4.84. The van der Waals surface area contributed by atoms with Gasteiger partial charge in [-0.2, -0.15) is 0 Å².